The molecule has 12 N–H and O–H groups in total. The van der Waals surface area contributed by atoms with Crippen molar-refractivity contribution >= 4 is 47.0 Å². The van der Waals surface area contributed by atoms with Crippen LogP contribution in [0.2, 0.25) is 0 Å². The van der Waals surface area contributed by atoms with E-state index in [-0.39, 0.29) is 87.3 Å². The maximum atomic E-state index is 14.9. The number of ketones is 3. The highest BCUT2D eigenvalue weighted by Gasteiger charge is 2.37. The minimum atomic E-state index is -1.20. The van der Waals surface area contributed by atoms with Gasteiger partial charge in [-0.25, -0.2) is 0 Å². The van der Waals surface area contributed by atoms with Crippen LogP contribution in [0.5, 0.6) is 11.5 Å². The van der Waals surface area contributed by atoms with Crippen LogP contribution < -0.4 is 43.5 Å². The Hall–Kier alpha value is -8.85. The number of ether oxygens (including phenoxy) is 3. The van der Waals surface area contributed by atoms with Crippen LogP contribution in [0.15, 0.2) is 84.9 Å². The number of carboxylic acid groups (broad SMARTS) is 1. The molecule has 0 fully saturated rings. The summed E-state index contributed by atoms with van der Waals surface area (Å²) in [5, 5.41) is 36.5. The van der Waals surface area contributed by atoms with Crippen LogP contribution in [0, 0.1) is 69.5 Å². The molecule has 4 aromatic carbocycles. The molecule has 0 unspecified atom stereocenters. The largest absolute Gasteiger partial charge is 0.492 e. The van der Waals surface area contributed by atoms with Crippen molar-refractivity contribution in [2.24, 2.45) is 64.2 Å². The summed E-state index contributed by atoms with van der Waals surface area (Å²) in [6, 6.07) is 30.0. The van der Waals surface area contributed by atoms with Crippen LogP contribution in [-0.4, -0.2) is 115 Å². The molecule has 22 heteroatoms. The second-order valence-electron chi connectivity index (χ2n) is 25.1. The molecular formula is C73H104N10O12. The molecule has 0 saturated carbocycles. The van der Waals surface area contributed by atoms with Gasteiger partial charge in [0.25, 0.3) is 0 Å². The van der Waals surface area contributed by atoms with E-state index in [1.54, 1.807) is 111 Å². The lowest BCUT2D eigenvalue weighted by molar-refractivity contribution is -0.165. The number of unbranched alkanes of at least 4 members (excludes halogenated alkanes) is 2. The van der Waals surface area contributed by atoms with E-state index in [4.69, 9.17) is 58.5 Å². The van der Waals surface area contributed by atoms with E-state index >= 15 is 0 Å². The number of carbonyl (C=O) groups is 8. The fraction of sp³-hybridized carbons (Fsp3) is 0.521. The van der Waals surface area contributed by atoms with E-state index in [0.717, 1.165) is 30.4 Å². The Morgan fingerprint density at radius 2 is 1.25 bits per heavy atom. The third-order valence-corrected chi connectivity index (χ3v) is 14.5. The van der Waals surface area contributed by atoms with Gasteiger partial charge in [-0.2, -0.15) is 15.8 Å². The average molecular weight is 1310 g/mol. The third kappa shape index (κ3) is 31.3. The van der Waals surface area contributed by atoms with Crippen LogP contribution in [0.4, 0.5) is 0 Å². The fourth-order valence-corrected chi connectivity index (χ4v) is 9.04. The standard InChI is InChI=1S/C54H68N6O7.C8H14O4.C4H9NO.C4H7N.C3H6N2/c1-5-6-9-37-11-14-39(15-12-37)40-16-18-41(19-17-40)47(61)33-43(10-7-8-23-55)54(65)60(4)52-42-20-22-51(67-27-25-57)45(32-42)44-30-38(13-21-50(44)66-26-24-56)31-46(48(62)28-35(2)34-58)59-53(64)36(3)29-49(52)63;1-5(6(9)10)7(11)12-8(2,3)4;1-3(2)4(5)6;1-4(2)3-5;1-3(5)2-4/h11-22,30,32,35-36,43,46,52H,5-10,23-29,31,33,55-57H2,1-4H3,(H,59,64);5H,1-4H3,(H,9,10);3H,1-2H3,(H2,5,6);4H,1-2H3;3H,5H2,1H3/t35-,36+,43+,46-,52-;5-;;;3-/m01..1/s1. The molecule has 1 aliphatic rings. The van der Waals surface area contributed by atoms with Crippen LogP contribution >= 0.6 is 0 Å². The van der Waals surface area contributed by atoms with Gasteiger partial charge in [-0.1, -0.05) is 101 Å². The van der Waals surface area contributed by atoms with Crippen molar-refractivity contribution in [1.82, 2.24) is 10.2 Å². The Balaban J connectivity index is 0.00000134. The lowest BCUT2D eigenvalue weighted by Gasteiger charge is -2.32. The number of nitrogens with two attached hydrogens (primary N) is 5. The average Bonchev–Trinajstić information content (AvgIpc) is 0.784. The topological polar surface area (TPSA) is 401 Å². The van der Waals surface area contributed by atoms with Crippen molar-refractivity contribution in [2.45, 2.75) is 171 Å². The summed E-state index contributed by atoms with van der Waals surface area (Å²) in [6.07, 6.45) is 4.54. The minimum absolute atomic E-state index is 0.00926. The van der Waals surface area contributed by atoms with Crippen molar-refractivity contribution in [2.75, 3.05) is 39.9 Å². The van der Waals surface area contributed by atoms with E-state index in [1.165, 1.54) is 17.4 Å². The zero-order valence-corrected chi connectivity index (χ0v) is 58.0. The van der Waals surface area contributed by atoms with Gasteiger partial charge in [0.15, 0.2) is 23.3 Å². The number of hydrogen-bond donors (Lipinski definition) is 7. The zero-order valence-electron chi connectivity index (χ0n) is 58.0. The molecule has 7 atom stereocenters. The quantitative estimate of drug-likeness (QED) is 0.0140. The maximum absolute atomic E-state index is 14.9. The predicted molar refractivity (Wildman–Crippen MR) is 368 cm³/mol. The fourth-order valence-electron chi connectivity index (χ4n) is 9.04. The highest BCUT2D eigenvalue weighted by atomic mass is 16.6. The normalized spacial score (nSPS) is 15.4. The van der Waals surface area contributed by atoms with E-state index in [9.17, 15) is 43.6 Å². The van der Waals surface area contributed by atoms with Crippen LogP contribution in [0.1, 0.15) is 168 Å². The van der Waals surface area contributed by atoms with E-state index in [2.05, 4.69) is 42.6 Å². The summed E-state index contributed by atoms with van der Waals surface area (Å²) in [7, 11) is 1.56. The molecule has 3 amide bonds. The first-order valence-electron chi connectivity index (χ1n) is 32.4. The lowest BCUT2D eigenvalue weighted by atomic mass is 9.87. The molecule has 0 radical (unpaired) electrons. The first-order chi connectivity index (χ1) is 44.7. The van der Waals surface area contributed by atoms with Gasteiger partial charge >= 0.3 is 11.9 Å². The van der Waals surface area contributed by atoms with Gasteiger partial charge in [-0.15, -0.1) is 0 Å². The predicted octanol–water partition coefficient (Wildman–Crippen LogP) is 9.51. The number of likely N-dealkylation sites (N-methyl/N-ethyl adjacent to an activating group) is 1. The number of Topliss-reactive ketones (excluding diaryl/α,β-unsaturated/α-hetero) is 3. The molecule has 22 nitrogen and oxygen atoms in total. The zero-order chi connectivity index (χ0) is 72.1. The van der Waals surface area contributed by atoms with Crippen molar-refractivity contribution < 1.29 is 57.7 Å². The molecule has 0 spiro atoms. The number of nitrogens with zero attached hydrogens (tertiary/aromatic N) is 4. The number of rotatable bonds is 25. The summed E-state index contributed by atoms with van der Waals surface area (Å²) < 4.78 is 17.2. The number of primary amides is 1. The SMILES string of the molecule is CC(C)C#N.CC(C)C(N)=O.CCCCc1ccc(-c2ccc(C(=O)C[C@@H](CCCCN)C(=O)N(C)[C@@H]3C(=O)C[C@@H](C)C(=O)N[C@H](C(=O)C[C@H](C)C#N)Cc4ccc(OCCN)c(c4)-c4cc3ccc4OCCN)cc2)cc1.C[C@@H](N)C#N.C[C@H](C(=O)O)C(=O)OC(C)(C)C. The Morgan fingerprint density at radius 1 is 0.726 bits per heavy atom. The third-order valence-electron chi connectivity index (χ3n) is 14.5. The Morgan fingerprint density at radius 3 is 1.72 bits per heavy atom. The smallest absolute Gasteiger partial charge is 0.320 e. The highest BCUT2D eigenvalue weighted by molar-refractivity contribution is 6.00. The number of hydrogen-bond acceptors (Lipinski definition) is 18. The Kier molecular flexibility index (Phi) is 38.9. The second kappa shape index (κ2) is 43.9. The van der Waals surface area contributed by atoms with Gasteiger partial charge in [0.1, 0.15) is 36.4 Å². The second-order valence-corrected chi connectivity index (χ2v) is 25.1. The van der Waals surface area contributed by atoms with Gasteiger partial charge in [0.05, 0.1) is 36.2 Å². The van der Waals surface area contributed by atoms with E-state index < -0.39 is 70.9 Å². The minimum Gasteiger partial charge on any atom is -0.492 e. The van der Waals surface area contributed by atoms with Gasteiger partial charge in [-0.3, -0.25) is 38.4 Å². The van der Waals surface area contributed by atoms with Crippen molar-refractivity contribution in [3.63, 3.8) is 0 Å². The van der Waals surface area contributed by atoms with Crippen molar-refractivity contribution in [3.8, 4) is 52.0 Å². The molecule has 0 aromatic heterocycles. The molecular weight excluding hydrogens is 1210 g/mol. The molecule has 4 bridgehead atoms. The number of nitrogens with one attached hydrogen (secondary N) is 1. The first kappa shape index (κ1) is 84.2. The van der Waals surface area contributed by atoms with Crippen LogP contribution in [0.3, 0.4) is 0 Å². The summed E-state index contributed by atoms with van der Waals surface area (Å²) in [5.74, 6) is -6.27. The van der Waals surface area contributed by atoms with Crippen LogP contribution in [0.25, 0.3) is 22.3 Å². The van der Waals surface area contributed by atoms with Gasteiger partial charge < -0.3 is 58.2 Å². The van der Waals surface area contributed by atoms with E-state index in [0.29, 0.717) is 65.1 Å². The van der Waals surface area contributed by atoms with Crippen LogP contribution in [-0.2, 0) is 51.1 Å². The monoisotopic (exact) mass is 1310 g/mol. The molecule has 95 heavy (non-hydrogen) atoms. The number of esters is 1. The summed E-state index contributed by atoms with van der Waals surface area (Å²) in [6.45, 7) is 21.9. The number of nitriles is 3. The molecule has 1 heterocycles. The number of amides is 3. The molecule has 0 aliphatic carbocycles. The molecule has 0 saturated heterocycles. The van der Waals surface area contributed by atoms with E-state index in [1.807, 2.05) is 38.1 Å². The number of benzene rings is 4. The number of carboxylic acids is 1. The first-order valence-corrected chi connectivity index (χ1v) is 32.4. The van der Waals surface area contributed by atoms with Crippen molar-refractivity contribution in [3.05, 3.63) is 107 Å². The molecule has 1 aliphatic heterocycles. The van der Waals surface area contributed by atoms with Gasteiger partial charge in [0, 0.05) is 79.8 Å². The summed E-state index contributed by atoms with van der Waals surface area (Å²) in [5.41, 5.74) is 32.8. The Bertz CT molecular complexity index is 3210. The van der Waals surface area contributed by atoms with Gasteiger partial charge in [-0.05, 0) is 146 Å². The number of fused-ring (bicyclic) bond motifs is 5. The highest BCUT2D eigenvalue weighted by Crippen LogP contribution is 2.41. The van der Waals surface area contributed by atoms with Gasteiger partial charge in [0.2, 0.25) is 17.7 Å². The molecule has 5 rings (SSSR count). The lowest BCUT2D eigenvalue weighted by Crippen LogP contribution is -2.46. The summed E-state index contributed by atoms with van der Waals surface area (Å²) >= 11 is 0. The summed E-state index contributed by atoms with van der Waals surface area (Å²) in [4.78, 5) is 104. The number of aliphatic carboxylic acids is 1. The number of aryl methyl sites for hydroxylation is 1. The Labute approximate surface area is 562 Å². The molecule has 518 valence electrons. The molecule has 4 aromatic rings. The number of carbonyl (C=O) groups excluding carboxylic acids is 7. The van der Waals surface area contributed by atoms with Crippen molar-refractivity contribution in [1.29, 1.82) is 15.8 Å². The maximum Gasteiger partial charge on any atom is 0.320 e.